The predicted molar refractivity (Wildman–Crippen MR) is 65.3 cm³/mol. The third kappa shape index (κ3) is 2.52. The Kier molecular flexibility index (Phi) is 3.94. The average Bonchev–Trinajstić information content (AvgIpc) is 2.83. The summed E-state index contributed by atoms with van der Waals surface area (Å²) >= 11 is 0. The van der Waals surface area contributed by atoms with Crippen molar-refractivity contribution in [2.24, 2.45) is 0 Å². The Morgan fingerprint density at radius 1 is 1.33 bits per heavy atom. The molecule has 0 atom stereocenters. The van der Waals surface area contributed by atoms with Gasteiger partial charge in [0.25, 0.3) is 5.91 Å². The van der Waals surface area contributed by atoms with Gasteiger partial charge in [-0.2, -0.15) is 0 Å². The molecule has 1 fully saturated rings. The molecule has 4 heteroatoms. The largest absolute Gasteiger partial charge is 0.336 e. The third-order valence-electron chi connectivity index (χ3n) is 3.53. The van der Waals surface area contributed by atoms with Crippen molar-refractivity contribution in [3.63, 3.8) is 0 Å². The lowest BCUT2D eigenvalue weighted by Crippen LogP contribution is -2.39. The van der Waals surface area contributed by atoms with Crippen LogP contribution in [0.5, 0.6) is 0 Å². The number of hydrogen-bond donors (Lipinski definition) is 0. The van der Waals surface area contributed by atoms with Crippen LogP contribution in [0.4, 0.5) is 8.78 Å². The summed E-state index contributed by atoms with van der Waals surface area (Å²) in [5.74, 6) is -1.77. The van der Waals surface area contributed by atoms with Crippen LogP contribution >= 0.6 is 0 Å². The molecule has 1 aliphatic carbocycles. The highest BCUT2D eigenvalue weighted by molar-refractivity contribution is 5.94. The summed E-state index contributed by atoms with van der Waals surface area (Å²) in [7, 11) is 0. The van der Waals surface area contributed by atoms with E-state index in [0.29, 0.717) is 6.54 Å². The molecule has 18 heavy (non-hydrogen) atoms. The van der Waals surface area contributed by atoms with Crippen LogP contribution in [0, 0.1) is 11.6 Å². The second-order valence-electron chi connectivity index (χ2n) is 4.65. The van der Waals surface area contributed by atoms with E-state index in [1.807, 2.05) is 6.92 Å². The van der Waals surface area contributed by atoms with Crippen LogP contribution < -0.4 is 0 Å². The maximum absolute atomic E-state index is 13.6. The van der Waals surface area contributed by atoms with Gasteiger partial charge in [0.2, 0.25) is 0 Å². The van der Waals surface area contributed by atoms with Gasteiger partial charge >= 0.3 is 0 Å². The fourth-order valence-corrected chi connectivity index (χ4v) is 2.60. The minimum Gasteiger partial charge on any atom is -0.336 e. The van der Waals surface area contributed by atoms with Gasteiger partial charge in [-0.3, -0.25) is 4.79 Å². The SMILES string of the molecule is CCN(C(=O)c1ccc(F)cc1F)C1CCCC1. The Labute approximate surface area is 106 Å². The molecule has 1 aliphatic rings. The highest BCUT2D eigenvalue weighted by Gasteiger charge is 2.27. The molecule has 98 valence electrons. The summed E-state index contributed by atoms with van der Waals surface area (Å²) < 4.78 is 26.4. The van der Waals surface area contributed by atoms with Gasteiger partial charge < -0.3 is 4.90 Å². The normalized spacial score (nSPS) is 15.9. The molecule has 0 bridgehead atoms. The first kappa shape index (κ1) is 13.0. The van der Waals surface area contributed by atoms with Gasteiger partial charge in [-0.15, -0.1) is 0 Å². The number of halogens is 2. The van der Waals surface area contributed by atoms with E-state index in [1.165, 1.54) is 6.07 Å². The third-order valence-corrected chi connectivity index (χ3v) is 3.53. The van der Waals surface area contributed by atoms with Crippen molar-refractivity contribution in [2.45, 2.75) is 38.6 Å². The number of rotatable bonds is 3. The lowest BCUT2D eigenvalue weighted by Gasteiger charge is -2.27. The lowest BCUT2D eigenvalue weighted by atomic mass is 10.1. The molecule has 2 nitrogen and oxygen atoms in total. The molecule has 0 aromatic heterocycles. The van der Waals surface area contributed by atoms with Gasteiger partial charge in [0.15, 0.2) is 0 Å². The molecule has 0 radical (unpaired) electrons. The molecule has 0 N–H and O–H groups in total. The van der Waals surface area contributed by atoms with E-state index >= 15 is 0 Å². The van der Waals surface area contributed by atoms with E-state index in [1.54, 1.807) is 4.90 Å². The molecule has 0 spiro atoms. The van der Waals surface area contributed by atoms with Crippen LogP contribution in [0.2, 0.25) is 0 Å². The van der Waals surface area contributed by atoms with Crippen LogP contribution in [-0.2, 0) is 0 Å². The maximum atomic E-state index is 13.6. The molecule has 2 rings (SSSR count). The zero-order valence-corrected chi connectivity index (χ0v) is 10.5. The Morgan fingerprint density at radius 3 is 2.56 bits per heavy atom. The molecule has 0 saturated heterocycles. The molecule has 1 aromatic rings. The first-order valence-corrected chi connectivity index (χ1v) is 6.39. The molecule has 1 amide bonds. The Balaban J connectivity index is 2.22. The summed E-state index contributed by atoms with van der Waals surface area (Å²) in [6, 6.07) is 3.31. The van der Waals surface area contributed by atoms with Gasteiger partial charge in [0.1, 0.15) is 11.6 Å². The van der Waals surface area contributed by atoms with E-state index in [4.69, 9.17) is 0 Å². The number of carbonyl (C=O) groups is 1. The standard InChI is InChI=1S/C14H17F2NO/c1-2-17(11-5-3-4-6-11)14(18)12-8-7-10(15)9-13(12)16/h7-9,11H,2-6H2,1H3. The number of amides is 1. The van der Waals surface area contributed by atoms with Gasteiger partial charge in [0.05, 0.1) is 5.56 Å². The second-order valence-corrected chi connectivity index (χ2v) is 4.65. The zero-order valence-electron chi connectivity index (χ0n) is 10.5. The predicted octanol–water partition coefficient (Wildman–Crippen LogP) is 3.37. The van der Waals surface area contributed by atoms with E-state index < -0.39 is 11.6 Å². The molecule has 0 unspecified atom stereocenters. The highest BCUT2D eigenvalue weighted by atomic mass is 19.1. The average molecular weight is 253 g/mol. The van der Waals surface area contributed by atoms with Crippen molar-refractivity contribution < 1.29 is 13.6 Å². The molecular weight excluding hydrogens is 236 g/mol. The summed E-state index contributed by atoms with van der Waals surface area (Å²) in [5, 5.41) is 0. The monoisotopic (exact) mass is 253 g/mol. The smallest absolute Gasteiger partial charge is 0.257 e. The highest BCUT2D eigenvalue weighted by Crippen LogP contribution is 2.25. The summed E-state index contributed by atoms with van der Waals surface area (Å²) in [4.78, 5) is 14.0. The Morgan fingerprint density at radius 2 is 2.00 bits per heavy atom. The first-order valence-electron chi connectivity index (χ1n) is 6.39. The fourth-order valence-electron chi connectivity index (χ4n) is 2.60. The molecular formula is C14H17F2NO. The van der Waals surface area contributed by atoms with Crippen molar-refractivity contribution in [3.8, 4) is 0 Å². The van der Waals surface area contributed by atoms with E-state index in [-0.39, 0.29) is 17.5 Å². The number of nitrogens with zero attached hydrogens (tertiary/aromatic N) is 1. The topological polar surface area (TPSA) is 20.3 Å². The quantitative estimate of drug-likeness (QED) is 0.808. The van der Waals surface area contributed by atoms with Gasteiger partial charge in [-0.25, -0.2) is 8.78 Å². The number of carbonyl (C=O) groups excluding carboxylic acids is 1. The maximum Gasteiger partial charge on any atom is 0.257 e. The van der Waals surface area contributed by atoms with Crippen molar-refractivity contribution >= 4 is 5.91 Å². The number of benzene rings is 1. The minimum atomic E-state index is -0.781. The van der Waals surface area contributed by atoms with Crippen LogP contribution in [-0.4, -0.2) is 23.4 Å². The van der Waals surface area contributed by atoms with Crippen LogP contribution in [0.15, 0.2) is 18.2 Å². The van der Waals surface area contributed by atoms with Crippen LogP contribution in [0.3, 0.4) is 0 Å². The van der Waals surface area contributed by atoms with E-state index in [0.717, 1.165) is 37.8 Å². The van der Waals surface area contributed by atoms with Crippen molar-refractivity contribution in [1.82, 2.24) is 4.90 Å². The lowest BCUT2D eigenvalue weighted by molar-refractivity contribution is 0.0688. The molecule has 0 heterocycles. The van der Waals surface area contributed by atoms with Crippen molar-refractivity contribution in [3.05, 3.63) is 35.4 Å². The summed E-state index contributed by atoms with van der Waals surface area (Å²) in [6.45, 7) is 2.44. The van der Waals surface area contributed by atoms with Gasteiger partial charge in [-0.05, 0) is 31.9 Å². The van der Waals surface area contributed by atoms with Gasteiger partial charge in [-0.1, -0.05) is 12.8 Å². The Bertz CT molecular complexity index is 441. The van der Waals surface area contributed by atoms with Crippen molar-refractivity contribution in [1.29, 1.82) is 0 Å². The van der Waals surface area contributed by atoms with Crippen LogP contribution in [0.1, 0.15) is 43.0 Å². The van der Waals surface area contributed by atoms with Crippen LogP contribution in [0.25, 0.3) is 0 Å². The minimum absolute atomic E-state index is 0.0369. The van der Waals surface area contributed by atoms with Crippen molar-refractivity contribution in [2.75, 3.05) is 6.54 Å². The van der Waals surface area contributed by atoms with Gasteiger partial charge in [0, 0.05) is 18.7 Å². The zero-order chi connectivity index (χ0) is 13.1. The fraction of sp³-hybridized carbons (Fsp3) is 0.500. The Hall–Kier alpha value is -1.45. The first-order chi connectivity index (χ1) is 8.63. The van der Waals surface area contributed by atoms with E-state index in [9.17, 15) is 13.6 Å². The van der Waals surface area contributed by atoms with E-state index in [2.05, 4.69) is 0 Å². The summed E-state index contributed by atoms with van der Waals surface area (Å²) in [6.07, 6.45) is 4.17. The molecule has 1 saturated carbocycles. The number of hydrogen-bond acceptors (Lipinski definition) is 1. The second kappa shape index (κ2) is 5.46. The molecule has 0 aliphatic heterocycles. The summed E-state index contributed by atoms with van der Waals surface area (Å²) in [5.41, 5.74) is -0.0369. The molecule has 1 aromatic carbocycles.